The van der Waals surface area contributed by atoms with Crippen LogP contribution in [0.4, 0.5) is 0 Å². The molecule has 6 heteroatoms. The van der Waals surface area contributed by atoms with Gasteiger partial charge in [-0.2, -0.15) is 0 Å². The molecule has 0 fully saturated rings. The van der Waals surface area contributed by atoms with E-state index in [1.54, 1.807) is 62.3 Å². The molecular weight excluding hydrogens is 348 g/mol. The van der Waals surface area contributed by atoms with Gasteiger partial charge in [-0.15, -0.1) is 0 Å². The third-order valence-electron chi connectivity index (χ3n) is 2.89. The van der Waals surface area contributed by atoms with Crippen LogP contribution in [0.1, 0.15) is 93.4 Å². The van der Waals surface area contributed by atoms with E-state index in [-0.39, 0.29) is 16.7 Å². The standard InChI is InChI=1S/C21H30O6/c1-19(2,3)25-16(22)13-10-11-14(17(23)26-20(4,5)6)15(12-13)18(24)27-21(7,8)9/h10-12H,1-9H3. The molecule has 0 saturated heterocycles. The summed E-state index contributed by atoms with van der Waals surface area (Å²) in [6.07, 6.45) is 0. The van der Waals surface area contributed by atoms with Crippen LogP contribution in [0.15, 0.2) is 18.2 Å². The maximum Gasteiger partial charge on any atom is 0.339 e. The largest absolute Gasteiger partial charge is 0.456 e. The third-order valence-corrected chi connectivity index (χ3v) is 2.89. The van der Waals surface area contributed by atoms with E-state index in [0.717, 1.165) is 0 Å². The normalized spacial score (nSPS) is 12.3. The molecule has 0 N–H and O–H groups in total. The van der Waals surface area contributed by atoms with Crippen molar-refractivity contribution in [3.05, 3.63) is 34.9 Å². The maximum absolute atomic E-state index is 12.6. The van der Waals surface area contributed by atoms with Crippen LogP contribution >= 0.6 is 0 Å². The molecule has 27 heavy (non-hydrogen) atoms. The number of benzene rings is 1. The van der Waals surface area contributed by atoms with Crippen LogP contribution in [-0.2, 0) is 14.2 Å². The van der Waals surface area contributed by atoms with Crippen LogP contribution < -0.4 is 0 Å². The first kappa shape index (κ1) is 22.7. The zero-order valence-electron chi connectivity index (χ0n) is 17.7. The lowest BCUT2D eigenvalue weighted by atomic mass is 10.0. The Morgan fingerprint density at radius 2 is 0.963 bits per heavy atom. The second kappa shape index (κ2) is 7.71. The second-order valence-corrected chi connectivity index (χ2v) is 9.27. The van der Waals surface area contributed by atoms with Gasteiger partial charge in [0.1, 0.15) is 16.8 Å². The highest BCUT2D eigenvalue weighted by Crippen LogP contribution is 2.22. The summed E-state index contributed by atoms with van der Waals surface area (Å²) in [6.45, 7) is 15.6. The van der Waals surface area contributed by atoms with Crippen molar-refractivity contribution in [2.45, 2.75) is 79.1 Å². The van der Waals surface area contributed by atoms with Crippen LogP contribution in [0.25, 0.3) is 0 Å². The van der Waals surface area contributed by atoms with E-state index < -0.39 is 34.7 Å². The van der Waals surface area contributed by atoms with Crippen LogP contribution in [0, 0.1) is 0 Å². The van der Waals surface area contributed by atoms with Crippen molar-refractivity contribution in [3.8, 4) is 0 Å². The van der Waals surface area contributed by atoms with Gasteiger partial charge in [-0.3, -0.25) is 0 Å². The van der Waals surface area contributed by atoms with E-state index in [4.69, 9.17) is 14.2 Å². The predicted molar refractivity (Wildman–Crippen MR) is 102 cm³/mol. The Bertz CT molecular complexity index is 727. The zero-order chi connectivity index (χ0) is 21.2. The lowest BCUT2D eigenvalue weighted by Crippen LogP contribution is -2.28. The highest BCUT2D eigenvalue weighted by Gasteiger charge is 2.28. The molecule has 6 nitrogen and oxygen atoms in total. The minimum absolute atomic E-state index is 0.0338. The fraction of sp³-hybridized carbons (Fsp3) is 0.571. The monoisotopic (exact) mass is 378 g/mol. The summed E-state index contributed by atoms with van der Waals surface area (Å²) >= 11 is 0. The minimum atomic E-state index is -0.760. The van der Waals surface area contributed by atoms with Gasteiger partial charge < -0.3 is 14.2 Å². The molecule has 0 unspecified atom stereocenters. The summed E-state index contributed by atoms with van der Waals surface area (Å²) in [7, 11) is 0. The molecule has 0 aromatic heterocycles. The number of ether oxygens (including phenoxy) is 3. The first-order chi connectivity index (χ1) is 12.0. The fourth-order valence-corrected chi connectivity index (χ4v) is 2.02. The Balaban J connectivity index is 3.36. The molecular formula is C21H30O6. The van der Waals surface area contributed by atoms with E-state index >= 15 is 0 Å². The molecule has 1 rings (SSSR count). The SMILES string of the molecule is CC(C)(C)OC(=O)c1ccc(C(=O)OC(C)(C)C)c(C(=O)OC(C)(C)C)c1. The van der Waals surface area contributed by atoms with Gasteiger partial charge in [-0.25, -0.2) is 14.4 Å². The van der Waals surface area contributed by atoms with Gasteiger partial charge >= 0.3 is 17.9 Å². The molecule has 0 heterocycles. The second-order valence-electron chi connectivity index (χ2n) is 9.27. The van der Waals surface area contributed by atoms with E-state index in [2.05, 4.69) is 0 Å². The fourth-order valence-electron chi connectivity index (χ4n) is 2.02. The van der Waals surface area contributed by atoms with E-state index in [9.17, 15) is 14.4 Å². The van der Waals surface area contributed by atoms with Crippen molar-refractivity contribution < 1.29 is 28.6 Å². The number of hydrogen-bond donors (Lipinski definition) is 0. The summed E-state index contributed by atoms with van der Waals surface area (Å²) in [4.78, 5) is 37.5. The molecule has 0 spiro atoms. The molecule has 0 aliphatic heterocycles. The van der Waals surface area contributed by atoms with Gasteiger partial charge in [-0.1, -0.05) is 0 Å². The highest BCUT2D eigenvalue weighted by atomic mass is 16.6. The van der Waals surface area contributed by atoms with Crippen molar-refractivity contribution in [2.75, 3.05) is 0 Å². The van der Waals surface area contributed by atoms with Gasteiger partial charge in [0.05, 0.1) is 16.7 Å². The molecule has 1 aromatic rings. The Morgan fingerprint density at radius 1 is 0.593 bits per heavy atom. The molecule has 0 radical (unpaired) electrons. The Hall–Kier alpha value is -2.37. The van der Waals surface area contributed by atoms with E-state index in [0.29, 0.717) is 0 Å². The number of carbonyl (C=O) groups is 3. The summed E-state index contributed by atoms with van der Waals surface area (Å²) < 4.78 is 16.1. The molecule has 150 valence electrons. The number of esters is 3. The predicted octanol–water partition coefficient (Wildman–Crippen LogP) is 4.55. The average Bonchev–Trinajstić information content (AvgIpc) is 2.41. The van der Waals surface area contributed by atoms with Crippen LogP contribution in [0.5, 0.6) is 0 Å². The zero-order valence-corrected chi connectivity index (χ0v) is 17.7. The van der Waals surface area contributed by atoms with Crippen LogP contribution in [0.3, 0.4) is 0 Å². The van der Waals surface area contributed by atoms with Gasteiger partial charge in [0, 0.05) is 0 Å². The molecule has 0 aliphatic carbocycles. The Morgan fingerprint density at radius 3 is 1.37 bits per heavy atom. The molecule has 1 aromatic carbocycles. The van der Waals surface area contributed by atoms with Gasteiger partial charge in [0.25, 0.3) is 0 Å². The van der Waals surface area contributed by atoms with Crippen molar-refractivity contribution >= 4 is 17.9 Å². The van der Waals surface area contributed by atoms with E-state index in [1.165, 1.54) is 18.2 Å². The van der Waals surface area contributed by atoms with Crippen molar-refractivity contribution in [3.63, 3.8) is 0 Å². The Labute approximate surface area is 161 Å². The summed E-state index contributed by atoms with van der Waals surface area (Å²) in [5.41, 5.74) is -2.03. The van der Waals surface area contributed by atoms with Crippen LogP contribution in [-0.4, -0.2) is 34.7 Å². The smallest absolute Gasteiger partial charge is 0.339 e. The maximum atomic E-state index is 12.6. The van der Waals surface area contributed by atoms with Crippen LogP contribution in [0.2, 0.25) is 0 Å². The topological polar surface area (TPSA) is 78.9 Å². The average molecular weight is 378 g/mol. The molecule has 0 atom stereocenters. The number of carbonyl (C=O) groups excluding carboxylic acids is 3. The Kier molecular flexibility index (Phi) is 6.47. The van der Waals surface area contributed by atoms with Crippen molar-refractivity contribution in [1.82, 2.24) is 0 Å². The van der Waals surface area contributed by atoms with Crippen molar-refractivity contribution in [2.24, 2.45) is 0 Å². The third kappa shape index (κ3) is 7.81. The van der Waals surface area contributed by atoms with E-state index in [1.807, 2.05) is 0 Å². The molecule has 0 bridgehead atoms. The summed E-state index contributed by atoms with van der Waals surface area (Å²) in [6, 6.07) is 4.12. The number of hydrogen-bond acceptors (Lipinski definition) is 6. The van der Waals surface area contributed by atoms with Gasteiger partial charge in [-0.05, 0) is 80.5 Å². The molecule has 0 aliphatic rings. The van der Waals surface area contributed by atoms with Gasteiger partial charge in [0.15, 0.2) is 0 Å². The molecule has 0 amide bonds. The minimum Gasteiger partial charge on any atom is -0.456 e. The summed E-state index contributed by atoms with van der Waals surface area (Å²) in [5.74, 6) is -1.98. The lowest BCUT2D eigenvalue weighted by Gasteiger charge is -2.23. The summed E-state index contributed by atoms with van der Waals surface area (Å²) in [5, 5.41) is 0. The quantitative estimate of drug-likeness (QED) is 0.567. The van der Waals surface area contributed by atoms with Gasteiger partial charge in [0.2, 0.25) is 0 Å². The number of rotatable bonds is 3. The van der Waals surface area contributed by atoms with Crippen molar-refractivity contribution in [1.29, 1.82) is 0 Å². The lowest BCUT2D eigenvalue weighted by molar-refractivity contribution is 0.00163. The first-order valence-electron chi connectivity index (χ1n) is 8.83. The first-order valence-corrected chi connectivity index (χ1v) is 8.83. The highest BCUT2D eigenvalue weighted by molar-refractivity contribution is 6.05. The molecule has 0 saturated carbocycles.